The molecule has 0 saturated heterocycles. The molecule has 2 aromatic rings. The van der Waals surface area contributed by atoms with E-state index >= 15 is 0 Å². The number of hydrogen-bond acceptors (Lipinski definition) is 7. The number of hydrogen-bond donors (Lipinski definition) is 4. The van der Waals surface area contributed by atoms with Crippen LogP contribution < -0.4 is 21.7 Å². The van der Waals surface area contributed by atoms with Crippen LogP contribution in [0.2, 0.25) is 0 Å². The predicted octanol–water partition coefficient (Wildman–Crippen LogP) is 1.01. The van der Waals surface area contributed by atoms with Crippen LogP contribution in [0, 0.1) is 17.8 Å². The Kier molecular flexibility index (Phi) is 5.22. The number of amides is 2. The fourth-order valence-corrected chi connectivity index (χ4v) is 4.27. The average Bonchev–Trinajstić information content (AvgIpc) is 3.41. The first-order valence-electron chi connectivity index (χ1n) is 9.21. The van der Waals surface area contributed by atoms with E-state index in [1.165, 1.54) is 4.68 Å². The molecule has 0 aromatic carbocycles. The number of nitrogens with two attached hydrogens (primary N) is 1. The Morgan fingerprint density at radius 2 is 2.10 bits per heavy atom. The second-order valence-corrected chi connectivity index (χ2v) is 8.02. The molecule has 2 aliphatic carbocycles. The molecule has 2 bridgehead atoms. The lowest BCUT2D eigenvalue weighted by atomic mass is 9.88. The maximum atomic E-state index is 11.9. The van der Waals surface area contributed by atoms with Gasteiger partial charge in [0.2, 0.25) is 17.8 Å². The Hall–Kier alpha value is -2.95. The zero-order chi connectivity index (χ0) is 20.5. The number of rotatable bonds is 7. The standard InChI is InChI=1S/C18H21BrN8O2/c1-21-13(28)8-27-7-11(5-23-27)24-18-22-6-12(19)17(26-18)25-15-10-3-2-9(4-10)14(15)16(20)29/h2-3,5-7,9-10,14-15H,4,8H2,1H3,(H2,20,29)(H,21,28)(H2,22,24,25,26)/t9-,10+,14+,15-/m1/s1. The monoisotopic (exact) mass is 460 g/mol. The summed E-state index contributed by atoms with van der Waals surface area (Å²) >= 11 is 3.46. The minimum atomic E-state index is -0.300. The molecule has 10 nitrogen and oxygen atoms in total. The first kappa shape index (κ1) is 19.4. The molecule has 5 N–H and O–H groups in total. The third-order valence-corrected chi connectivity index (χ3v) is 5.89. The first-order valence-corrected chi connectivity index (χ1v) is 10.0. The Labute approximate surface area is 175 Å². The van der Waals surface area contributed by atoms with Gasteiger partial charge in [0.05, 0.1) is 22.3 Å². The highest BCUT2D eigenvalue weighted by atomic mass is 79.9. The average molecular weight is 461 g/mol. The summed E-state index contributed by atoms with van der Waals surface area (Å²) in [5.41, 5.74) is 6.29. The van der Waals surface area contributed by atoms with Crippen molar-refractivity contribution in [3.8, 4) is 0 Å². The van der Waals surface area contributed by atoms with Crippen molar-refractivity contribution >= 4 is 45.2 Å². The molecule has 29 heavy (non-hydrogen) atoms. The largest absolute Gasteiger partial charge is 0.369 e. The van der Waals surface area contributed by atoms with Crippen LogP contribution >= 0.6 is 15.9 Å². The third kappa shape index (κ3) is 3.95. The lowest BCUT2D eigenvalue weighted by Crippen LogP contribution is -2.41. The van der Waals surface area contributed by atoms with Crippen LogP contribution in [0.3, 0.4) is 0 Å². The van der Waals surface area contributed by atoms with Gasteiger partial charge in [-0.1, -0.05) is 12.2 Å². The molecule has 0 unspecified atom stereocenters. The summed E-state index contributed by atoms with van der Waals surface area (Å²) in [7, 11) is 1.57. The Morgan fingerprint density at radius 1 is 1.31 bits per heavy atom. The van der Waals surface area contributed by atoms with Gasteiger partial charge in [-0.15, -0.1) is 0 Å². The topological polar surface area (TPSA) is 140 Å². The van der Waals surface area contributed by atoms with Crippen molar-refractivity contribution in [3.05, 3.63) is 35.2 Å². The molecule has 1 saturated carbocycles. The number of halogens is 1. The number of allylic oxidation sites excluding steroid dienone is 1. The fourth-order valence-electron chi connectivity index (χ4n) is 3.96. The molecule has 2 aliphatic rings. The number of carbonyl (C=O) groups excluding carboxylic acids is 2. The Bertz CT molecular complexity index is 975. The van der Waals surface area contributed by atoms with E-state index in [0.717, 1.165) is 6.42 Å². The highest BCUT2D eigenvalue weighted by Crippen LogP contribution is 2.45. The highest BCUT2D eigenvalue weighted by molar-refractivity contribution is 9.10. The van der Waals surface area contributed by atoms with E-state index in [1.807, 2.05) is 0 Å². The summed E-state index contributed by atoms with van der Waals surface area (Å²) in [6.07, 6.45) is 10.1. The minimum absolute atomic E-state index is 0.100. The number of likely N-dealkylation sites (N-methyl/N-ethyl adjacent to an activating group) is 1. The molecular formula is C18H21BrN8O2. The van der Waals surface area contributed by atoms with Crippen molar-refractivity contribution < 1.29 is 9.59 Å². The van der Waals surface area contributed by atoms with Crippen LogP contribution in [0.25, 0.3) is 0 Å². The van der Waals surface area contributed by atoms with E-state index < -0.39 is 0 Å². The van der Waals surface area contributed by atoms with E-state index in [1.54, 1.807) is 25.6 Å². The lowest BCUT2D eigenvalue weighted by Gasteiger charge is -2.27. The maximum absolute atomic E-state index is 11.9. The van der Waals surface area contributed by atoms with Gasteiger partial charge in [-0.2, -0.15) is 10.1 Å². The van der Waals surface area contributed by atoms with E-state index in [2.05, 4.69) is 59.1 Å². The molecule has 11 heteroatoms. The minimum Gasteiger partial charge on any atom is -0.369 e. The molecule has 0 aliphatic heterocycles. The molecule has 2 heterocycles. The summed E-state index contributed by atoms with van der Waals surface area (Å²) in [5, 5.41) is 13.1. The summed E-state index contributed by atoms with van der Waals surface area (Å²) in [6.45, 7) is 0.123. The molecule has 0 radical (unpaired) electrons. The van der Waals surface area contributed by atoms with Gasteiger partial charge in [-0.25, -0.2) is 4.98 Å². The molecule has 4 rings (SSSR count). The molecular weight excluding hydrogens is 440 g/mol. The molecule has 0 spiro atoms. The predicted molar refractivity (Wildman–Crippen MR) is 110 cm³/mol. The van der Waals surface area contributed by atoms with Crippen molar-refractivity contribution in [1.29, 1.82) is 0 Å². The lowest BCUT2D eigenvalue weighted by molar-refractivity contribution is -0.123. The smallest absolute Gasteiger partial charge is 0.241 e. The van der Waals surface area contributed by atoms with Crippen LogP contribution in [-0.4, -0.2) is 44.7 Å². The zero-order valence-corrected chi connectivity index (χ0v) is 17.3. The fraction of sp³-hybridized carbons (Fsp3) is 0.389. The summed E-state index contributed by atoms with van der Waals surface area (Å²) in [5.74, 6) is 0.674. The summed E-state index contributed by atoms with van der Waals surface area (Å²) in [4.78, 5) is 32.2. The van der Waals surface area contributed by atoms with Crippen molar-refractivity contribution in [3.63, 3.8) is 0 Å². The van der Waals surface area contributed by atoms with Crippen LogP contribution in [-0.2, 0) is 16.1 Å². The van der Waals surface area contributed by atoms with Gasteiger partial charge in [0.1, 0.15) is 12.4 Å². The molecule has 2 amide bonds. The quantitative estimate of drug-likeness (QED) is 0.452. The van der Waals surface area contributed by atoms with Crippen molar-refractivity contribution in [1.82, 2.24) is 25.1 Å². The molecule has 152 valence electrons. The second kappa shape index (κ2) is 7.82. The number of nitrogens with zero attached hydrogens (tertiary/aromatic N) is 4. The van der Waals surface area contributed by atoms with E-state index in [-0.39, 0.29) is 42.2 Å². The van der Waals surface area contributed by atoms with Gasteiger partial charge in [0, 0.05) is 25.5 Å². The van der Waals surface area contributed by atoms with Crippen molar-refractivity contribution in [2.75, 3.05) is 17.7 Å². The summed E-state index contributed by atoms with van der Waals surface area (Å²) in [6, 6.07) is -0.100. The number of aromatic nitrogens is 4. The number of nitrogens with one attached hydrogen (secondary N) is 3. The van der Waals surface area contributed by atoms with Crippen molar-refractivity contribution in [2.24, 2.45) is 23.5 Å². The number of carbonyl (C=O) groups is 2. The van der Waals surface area contributed by atoms with Crippen molar-refractivity contribution in [2.45, 2.75) is 19.0 Å². The van der Waals surface area contributed by atoms with Crippen LogP contribution in [0.5, 0.6) is 0 Å². The SMILES string of the molecule is CNC(=O)Cn1cc(Nc2ncc(Br)c(N[C@H]3[C@@H](C(N)=O)[C@@H]4C=C[C@H]3C4)n2)cn1. The van der Waals surface area contributed by atoms with Gasteiger partial charge < -0.3 is 21.7 Å². The van der Waals surface area contributed by atoms with Gasteiger partial charge in [0.25, 0.3) is 0 Å². The highest BCUT2D eigenvalue weighted by Gasteiger charge is 2.47. The van der Waals surface area contributed by atoms with E-state index in [9.17, 15) is 9.59 Å². The number of primary amides is 1. The van der Waals surface area contributed by atoms with Crippen LogP contribution in [0.1, 0.15) is 6.42 Å². The zero-order valence-electron chi connectivity index (χ0n) is 15.7. The molecule has 1 fully saturated rings. The number of fused-ring (bicyclic) bond motifs is 2. The van der Waals surface area contributed by atoms with Gasteiger partial charge >= 0.3 is 0 Å². The van der Waals surface area contributed by atoms with Gasteiger partial charge in [-0.05, 0) is 34.2 Å². The Balaban J connectivity index is 1.49. The molecule has 2 aromatic heterocycles. The normalized spacial score (nSPS) is 24.5. The third-order valence-electron chi connectivity index (χ3n) is 5.31. The van der Waals surface area contributed by atoms with Gasteiger partial charge in [-0.3, -0.25) is 14.3 Å². The number of anilines is 3. The maximum Gasteiger partial charge on any atom is 0.241 e. The second-order valence-electron chi connectivity index (χ2n) is 7.16. The Morgan fingerprint density at radius 3 is 2.86 bits per heavy atom. The van der Waals surface area contributed by atoms with Gasteiger partial charge in [0.15, 0.2) is 0 Å². The van der Waals surface area contributed by atoms with Crippen LogP contribution in [0.4, 0.5) is 17.5 Å². The molecule has 4 atom stereocenters. The van der Waals surface area contributed by atoms with E-state index in [4.69, 9.17) is 5.73 Å². The summed E-state index contributed by atoms with van der Waals surface area (Å²) < 4.78 is 2.20. The van der Waals surface area contributed by atoms with E-state index in [0.29, 0.717) is 21.9 Å². The first-order chi connectivity index (χ1) is 13.9. The van der Waals surface area contributed by atoms with Crippen LogP contribution in [0.15, 0.2) is 35.2 Å².